The fourth-order valence-electron chi connectivity index (χ4n) is 4.21. The number of hydrogen-bond donors (Lipinski definition) is 1. The van der Waals surface area contributed by atoms with Crippen LogP contribution in [0.25, 0.3) is 0 Å². The third-order valence-electron chi connectivity index (χ3n) is 6.27. The van der Waals surface area contributed by atoms with E-state index in [2.05, 4.69) is 20.8 Å². The molecule has 1 fully saturated rings. The van der Waals surface area contributed by atoms with E-state index in [0.29, 0.717) is 19.0 Å². The standard InChI is InChI=1S/C21H33F3N2O4S2/c1-4-6-8-17-14-26(15-18(16(17)3)9-7-5-2)31(27,28)20-12-10-19(11-13-20)25-32(29,30)21(22,23)24/h10-13,16-18,25H,4-9,14-15H2,1-3H3. The topological polar surface area (TPSA) is 83.6 Å². The molecule has 0 bridgehead atoms. The molecule has 1 aliphatic heterocycles. The van der Waals surface area contributed by atoms with Crippen LogP contribution in [0.2, 0.25) is 0 Å². The van der Waals surface area contributed by atoms with Crippen LogP contribution in [-0.4, -0.2) is 39.7 Å². The Kier molecular flexibility index (Phi) is 9.03. The van der Waals surface area contributed by atoms with Crippen LogP contribution in [-0.2, 0) is 20.0 Å². The Bertz CT molecular complexity index is 930. The zero-order valence-corrected chi connectivity index (χ0v) is 20.4. The molecule has 184 valence electrons. The van der Waals surface area contributed by atoms with Crippen LogP contribution >= 0.6 is 0 Å². The van der Waals surface area contributed by atoms with Gasteiger partial charge in [-0.25, -0.2) is 8.42 Å². The number of nitrogens with zero attached hydrogens (tertiary/aromatic N) is 1. The van der Waals surface area contributed by atoms with E-state index in [-0.39, 0.29) is 22.4 Å². The second-order valence-electron chi connectivity index (χ2n) is 8.56. The van der Waals surface area contributed by atoms with Gasteiger partial charge in [0.05, 0.1) is 4.90 Å². The van der Waals surface area contributed by atoms with E-state index in [0.717, 1.165) is 62.8 Å². The lowest BCUT2D eigenvalue weighted by Crippen LogP contribution is -2.48. The van der Waals surface area contributed by atoms with Crippen molar-refractivity contribution in [1.82, 2.24) is 4.31 Å². The Balaban J connectivity index is 2.24. The molecule has 2 unspecified atom stereocenters. The Morgan fingerprint density at radius 3 is 1.81 bits per heavy atom. The van der Waals surface area contributed by atoms with E-state index in [4.69, 9.17) is 0 Å². The lowest BCUT2D eigenvalue weighted by Gasteiger charge is -2.42. The number of nitrogens with one attached hydrogen (secondary N) is 1. The molecule has 1 aromatic rings. The third-order valence-corrected chi connectivity index (χ3v) is 9.23. The van der Waals surface area contributed by atoms with Crippen LogP contribution in [0.5, 0.6) is 0 Å². The Morgan fingerprint density at radius 1 is 0.938 bits per heavy atom. The number of rotatable bonds is 10. The van der Waals surface area contributed by atoms with E-state index < -0.39 is 25.6 Å². The second-order valence-corrected chi connectivity index (χ2v) is 12.2. The highest BCUT2D eigenvalue weighted by Gasteiger charge is 2.46. The van der Waals surface area contributed by atoms with Crippen molar-refractivity contribution in [3.05, 3.63) is 24.3 Å². The lowest BCUT2D eigenvalue weighted by molar-refractivity contribution is -0.0429. The molecule has 1 N–H and O–H groups in total. The fraction of sp³-hybridized carbons (Fsp3) is 0.714. The van der Waals surface area contributed by atoms with Crippen molar-refractivity contribution in [3.8, 4) is 0 Å². The number of benzene rings is 1. The van der Waals surface area contributed by atoms with Crippen LogP contribution in [0.1, 0.15) is 59.3 Å². The van der Waals surface area contributed by atoms with Gasteiger partial charge in [0.1, 0.15) is 0 Å². The summed E-state index contributed by atoms with van der Waals surface area (Å²) in [5.74, 6) is 0.912. The van der Waals surface area contributed by atoms with Crippen LogP contribution in [0, 0.1) is 17.8 Å². The van der Waals surface area contributed by atoms with Gasteiger partial charge in [0.2, 0.25) is 10.0 Å². The average Bonchev–Trinajstić information content (AvgIpc) is 2.71. The monoisotopic (exact) mass is 498 g/mol. The highest BCUT2D eigenvalue weighted by Crippen LogP contribution is 2.37. The Hall–Kier alpha value is -1.33. The van der Waals surface area contributed by atoms with Gasteiger partial charge in [0, 0.05) is 18.8 Å². The van der Waals surface area contributed by atoms with Crippen molar-refractivity contribution in [2.45, 2.75) is 69.7 Å². The van der Waals surface area contributed by atoms with E-state index in [1.165, 1.54) is 9.03 Å². The zero-order chi connectivity index (χ0) is 24.2. The van der Waals surface area contributed by atoms with Crippen molar-refractivity contribution in [1.29, 1.82) is 0 Å². The summed E-state index contributed by atoms with van der Waals surface area (Å²) in [5.41, 5.74) is -5.81. The van der Waals surface area contributed by atoms with Crippen molar-refractivity contribution < 1.29 is 30.0 Å². The molecular weight excluding hydrogens is 465 g/mol. The molecule has 2 rings (SSSR count). The van der Waals surface area contributed by atoms with Gasteiger partial charge in [-0.15, -0.1) is 0 Å². The second kappa shape index (κ2) is 10.7. The summed E-state index contributed by atoms with van der Waals surface area (Å²) >= 11 is 0. The normalized spacial score (nSPS) is 23.2. The first kappa shape index (κ1) is 26.9. The highest BCUT2D eigenvalue weighted by molar-refractivity contribution is 7.93. The third kappa shape index (κ3) is 6.38. The summed E-state index contributed by atoms with van der Waals surface area (Å²) in [7, 11) is -9.42. The van der Waals surface area contributed by atoms with Gasteiger partial charge in [-0.1, -0.05) is 46.5 Å². The molecule has 0 aliphatic carbocycles. The quantitative estimate of drug-likeness (QED) is 0.481. The van der Waals surface area contributed by atoms with Gasteiger partial charge in [-0.05, 0) is 54.9 Å². The molecule has 1 saturated heterocycles. The molecule has 0 aromatic heterocycles. The fourth-order valence-corrected chi connectivity index (χ4v) is 6.33. The van der Waals surface area contributed by atoms with Crippen molar-refractivity contribution >= 4 is 25.7 Å². The Labute approximate surface area is 189 Å². The predicted molar refractivity (Wildman–Crippen MR) is 119 cm³/mol. The highest BCUT2D eigenvalue weighted by atomic mass is 32.2. The van der Waals surface area contributed by atoms with Crippen LogP contribution in [0.3, 0.4) is 0 Å². The van der Waals surface area contributed by atoms with Crippen LogP contribution in [0.4, 0.5) is 18.9 Å². The maximum absolute atomic E-state index is 13.3. The van der Waals surface area contributed by atoms with Crippen molar-refractivity contribution in [2.75, 3.05) is 17.8 Å². The number of sulfonamides is 2. The van der Waals surface area contributed by atoms with Crippen LogP contribution in [0.15, 0.2) is 29.2 Å². The molecule has 0 amide bonds. The lowest BCUT2D eigenvalue weighted by atomic mass is 9.75. The van der Waals surface area contributed by atoms with E-state index in [9.17, 15) is 30.0 Å². The van der Waals surface area contributed by atoms with Gasteiger partial charge in [-0.2, -0.15) is 25.9 Å². The summed E-state index contributed by atoms with van der Waals surface area (Å²) < 4.78 is 89.7. The van der Waals surface area contributed by atoms with E-state index in [1.54, 1.807) is 0 Å². The largest absolute Gasteiger partial charge is 0.516 e. The molecule has 1 heterocycles. The van der Waals surface area contributed by atoms with Crippen molar-refractivity contribution in [3.63, 3.8) is 0 Å². The van der Waals surface area contributed by atoms with Gasteiger partial charge < -0.3 is 0 Å². The molecule has 0 saturated carbocycles. The minimum absolute atomic E-state index is 0.0644. The zero-order valence-electron chi connectivity index (χ0n) is 18.7. The molecule has 1 aliphatic rings. The molecule has 0 radical (unpaired) electrons. The average molecular weight is 499 g/mol. The number of unbranched alkanes of at least 4 members (excludes halogenated alkanes) is 2. The molecule has 1 aromatic carbocycles. The maximum atomic E-state index is 13.3. The summed E-state index contributed by atoms with van der Waals surface area (Å²) in [6.07, 6.45) is 6.01. The molecule has 2 atom stereocenters. The van der Waals surface area contributed by atoms with Crippen molar-refractivity contribution in [2.24, 2.45) is 17.8 Å². The summed E-state index contributed by atoms with van der Waals surface area (Å²) in [5, 5.41) is 0. The maximum Gasteiger partial charge on any atom is 0.516 e. The minimum Gasteiger partial charge on any atom is -0.276 e. The summed E-state index contributed by atoms with van der Waals surface area (Å²) in [6, 6.07) is 4.35. The summed E-state index contributed by atoms with van der Waals surface area (Å²) in [6.45, 7) is 7.23. The van der Waals surface area contributed by atoms with Gasteiger partial charge in [0.15, 0.2) is 0 Å². The number of piperidine rings is 1. The van der Waals surface area contributed by atoms with Gasteiger partial charge in [-0.3, -0.25) is 4.72 Å². The molecule has 11 heteroatoms. The first-order valence-corrected chi connectivity index (χ1v) is 13.9. The first-order valence-electron chi connectivity index (χ1n) is 11.0. The van der Waals surface area contributed by atoms with Gasteiger partial charge in [0.25, 0.3) is 0 Å². The molecule has 0 spiro atoms. The Morgan fingerprint density at radius 2 is 1.41 bits per heavy atom. The number of anilines is 1. The van der Waals surface area contributed by atoms with Crippen LogP contribution < -0.4 is 4.72 Å². The smallest absolute Gasteiger partial charge is 0.276 e. The van der Waals surface area contributed by atoms with E-state index >= 15 is 0 Å². The van der Waals surface area contributed by atoms with Gasteiger partial charge >= 0.3 is 15.5 Å². The minimum atomic E-state index is -5.57. The summed E-state index contributed by atoms with van der Waals surface area (Å²) in [4.78, 5) is -0.0644. The first-order chi connectivity index (χ1) is 14.8. The number of halogens is 3. The number of hydrogen-bond acceptors (Lipinski definition) is 4. The molecular formula is C21H33F3N2O4S2. The number of alkyl halides is 3. The predicted octanol–water partition coefficient (Wildman–Crippen LogP) is 5.20. The SMILES string of the molecule is CCCCC1CN(S(=O)(=O)c2ccc(NS(=O)(=O)C(F)(F)F)cc2)CC(CCCC)C1C. The molecule has 6 nitrogen and oxygen atoms in total. The van der Waals surface area contributed by atoms with E-state index in [1.807, 2.05) is 0 Å². The molecule has 32 heavy (non-hydrogen) atoms.